The summed E-state index contributed by atoms with van der Waals surface area (Å²) in [5.41, 5.74) is -0.601. The zero-order chi connectivity index (χ0) is 10.6. The fourth-order valence-electron chi connectivity index (χ4n) is 2.21. The van der Waals surface area contributed by atoms with E-state index < -0.39 is 5.60 Å². The van der Waals surface area contributed by atoms with Crippen molar-refractivity contribution in [1.29, 1.82) is 0 Å². The molecule has 1 unspecified atom stereocenters. The third-order valence-electron chi connectivity index (χ3n) is 3.17. The van der Waals surface area contributed by atoms with E-state index in [-0.39, 0.29) is 17.8 Å². The monoisotopic (exact) mass is 184 g/mol. The first-order valence-electron chi connectivity index (χ1n) is 5.26. The Balaban J connectivity index is 4.86. The SMILES string of the molecule is C=CC(CC)C(O)(C(C)C)C(C)C. The minimum absolute atomic E-state index is 0.201. The highest BCUT2D eigenvalue weighted by atomic mass is 16.3. The van der Waals surface area contributed by atoms with Crippen LogP contribution in [0.3, 0.4) is 0 Å². The standard InChI is InChI=1S/C12H24O/c1-7-11(8-2)12(13,9(3)4)10(5)6/h7,9-11,13H,1,8H2,2-6H3. The molecule has 0 fully saturated rings. The molecule has 0 amide bonds. The van der Waals surface area contributed by atoms with Gasteiger partial charge in [-0.1, -0.05) is 40.7 Å². The lowest BCUT2D eigenvalue weighted by Gasteiger charge is -2.41. The zero-order valence-electron chi connectivity index (χ0n) is 9.67. The van der Waals surface area contributed by atoms with Gasteiger partial charge in [-0.25, -0.2) is 0 Å². The van der Waals surface area contributed by atoms with Gasteiger partial charge < -0.3 is 5.11 Å². The summed E-state index contributed by atoms with van der Waals surface area (Å²) in [6, 6.07) is 0. The summed E-state index contributed by atoms with van der Waals surface area (Å²) in [6.07, 6.45) is 2.84. The second kappa shape index (κ2) is 4.80. The van der Waals surface area contributed by atoms with Crippen LogP contribution in [0.2, 0.25) is 0 Å². The molecule has 0 aromatic carbocycles. The van der Waals surface area contributed by atoms with E-state index in [9.17, 15) is 5.11 Å². The molecular formula is C12H24O. The Morgan fingerprint density at radius 1 is 1.23 bits per heavy atom. The van der Waals surface area contributed by atoms with Crippen molar-refractivity contribution < 1.29 is 5.11 Å². The van der Waals surface area contributed by atoms with Crippen LogP contribution in [-0.4, -0.2) is 10.7 Å². The van der Waals surface area contributed by atoms with Crippen molar-refractivity contribution in [2.75, 3.05) is 0 Å². The smallest absolute Gasteiger partial charge is 0.0755 e. The van der Waals surface area contributed by atoms with Gasteiger partial charge in [-0.05, 0) is 18.3 Å². The van der Waals surface area contributed by atoms with Crippen molar-refractivity contribution >= 4 is 0 Å². The molecular weight excluding hydrogens is 160 g/mol. The molecule has 78 valence electrons. The minimum atomic E-state index is -0.601. The molecule has 1 N–H and O–H groups in total. The van der Waals surface area contributed by atoms with Gasteiger partial charge in [0.1, 0.15) is 0 Å². The molecule has 0 aromatic rings. The highest BCUT2D eigenvalue weighted by Gasteiger charge is 2.39. The molecule has 0 heterocycles. The normalized spacial score (nSPS) is 15.1. The van der Waals surface area contributed by atoms with Gasteiger partial charge in [0.15, 0.2) is 0 Å². The predicted octanol–water partition coefficient (Wildman–Crippen LogP) is 3.24. The van der Waals surface area contributed by atoms with Crippen molar-refractivity contribution in [2.24, 2.45) is 17.8 Å². The average molecular weight is 184 g/mol. The Bertz CT molecular complexity index is 151. The Morgan fingerprint density at radius 3 is 1.69 bits per heavy atom. The minimum Gasteiger partial charge on any atom is -0.389 e. The van der Waals surface area contributed by atoms with Crippen LogP contribution in [0.25, 0.3) is 0 Å². The van der Waals surface area contributed by atoms with E-state index >= 15 is 0 Å². The second-order valence-electron chi connectivity index (χ2n) is 4.45. The molecule has 0 bridgehead atoms. The van der Waals surface area contributed by atoms with Crippen molar-refractivity contribution in [3.8, 4) is 0 Å². The van der Waals surface area contributed by atoms with Crippen LogP contribution in [0.15, 0.2) is 12.7 Å². The summed E-state index contributed by atoms with van der Waals surface area (Å²) in [5, 5.41) is 10.6. The molecule has 0 saturated carbocycles. The van der Waals surface area contributed by atoms with Gasteiger partial charge in [-0.2, -0.15) is 0 Å². The van der Waals surface area contributed by atoms with Crippen LogP contribution >= 0.6 is 0 Å². The first kappa shape index (κ1) is 12.7. The highest BCUT2D eigenvalue weighted by Crippen LogP contribution is 2.36. The van der Waals surface area contributed by atoms with Gasteiger partial charge in [-0.15, -0.1) is 6.58 Å². The topological polar surface area (TPSA) is 20.2 Å². The molecule has 0 aliphatic carbocycles. The maximum atomic E-state index is 10.6. The molecule has 1 nitrogen and oxygen atoms in total. The zero-order valence-corrected chi connectivity index (χ0v) is 9.67. The van der Waals surface area contributed by atoms with Crippen LogP contribution in [-0.2, 0) is 0 Å². The van der Waals surface area contributed by atoms with E-state index in [1.807, 2.05) is 6.08 Å². The maximum Gasteiger partial charge on any atom is 0.0755 e. The van der Waals surface area contributed by atoms with E-state index in [0.29, 0.717) is 0 Å². The molecule has 0 radical (unpaired) electrons. The van der Waals surface area contributed by atoms with Gasteiger partial charge in [0.25, 0.3) is 0 Å². The van der Waals surface area contributed by atoms with Gasteiger partial charge in [0.05, 0.1) is 5.60 Å². The third kappa shape index (κ3) is 2.34. The van der Waals surface area contributed by atoms with Crippen LogP contribution in [0.4, 0.5) is 0 Å². The van der Waals surface area contributed by atoms with E-state index in [1.54, 1.807) is 0 Å². The first-order valence-corrected chi connectivity index (χ1v) is 5.26. The average Bonchev–Trinajstić information content (AvgIpc) is 2.05. The summed E-state index contributed by atoms with van der Waals surface area (Å²) >= 11 is 0. The molecule has 13 heavy (non-hydrogen) atoms. The summed E-state index contributed by atoms with van der Waals surface area (Å²) in [7, 11) is 0. The third-order valence-corrected chi connectivity index (χ3v) is 3.17. The summed E-state index contributed by atoms with van der Waals surface area (Å²) < 4.78 is 0. The number of hydrogen-bond acceptors (Lipinski definition) is 1. The van der Waals surface area contributed by atoms with Gasteiger partial charge in [0.2, 0.25) is 0 Å². The first-order chi connectivity index (χ1) is 5.91. The maximum absolute atomic E-state index is 10.6. The number of aliphatic hydroxyl groups is 1. The van der Waals surface area contributed by atoms with Crippen LogP contribution in [0, 0.1) is 17.8 Å². The van der Waals surface area contributed by atoms with Crippen LogP contribution < -0.4 is 0 Å². The van der Waals surface area contributed by atoms with Crippen molar-refractivity contribution in [3.63, 3.8) is 0 Å². The Kier molecular flexibility index (Phi) is 4.69. The molecule has 1 heteroatoms. The van der Waals surface area contributed by atoms with E-state index in [1.165, 1.54) is 0 Å². The van der Waals surface area contributed by atoms with Gasteiger partial charge in [0, 0.05) is 5.92 Å². The molecule has 0 spiro atoms. The van der Waals surface area contributed by atoms with Crippen molar-refractivity contribution in [1.82, 2.24) is 0 Å². The predicted molar refractivity (Wildman–Crippen MR) is 58.6 cm³/mol. The second-order valence-corrected chi connectivity index (χ2v) is 4.45. The fourth-order valence-corrected chi connectivity index (χ4v) is 2.21. The largest absolute Gasteiger partial charge is 0.389 e. The molecule has 0 rings (SSSR count). The highest BCUT2D eigenvalue weighted by molar-refractivity contribution is 4.98. The Hall–Kier alpha value is -0.300. The van der Waals surface area contributed by atoms with Gasteiger partial charge in [-0.3, -0.25) is 0 Å². The van der Waals surface area contributed by atoms with Crippen molar-refractivity contribution in [2.45, 2.75) is 46.6 Å². The summed E-state index contributed by atoms with van der Waals surface area (Å²) in [6.45, 7) is 14.2. The molecule has 0 saturated heterocycles. The Morgan fingerprint density at radius 2 is 1.62 bits per heavy atom. The van der Waals surface area contributed by atoms with Crippen LogP contribution in [0.5, 0.6) is 0 Å². The van der Waals surface area contributed by atoms with Crippen molar-refractivity contribution in [3.05, 3.63) is 12.7 Å². The molecule has 0 aromatic heterocycles. The molecule has 0 aliphatic heterocycles. The fraction of sp³-hybridized carbons (Fsp3) is 0.833. The lowest BCUT2D eigenvalue weighted by Crippen LogP contribution is -2.46. The summed E-state index contributed by atoms with van der Waals surface area (Å²) in [4.78, 5) is 0. The Labute approximate surface area is 82.9 Å². The molecule has 0 aliphatic rings. The molecule has 1 atom stereocenters. The van der Waals surface area contributed by atoms with E-state index in [4.69, 9.17) is 0 Å². The summed E-state index contributed by atoms with van der Waals surface area (Å²) in [5.74, 6) is 0.749. The lowest BCUT2D eigenvalue weighted by atomic mass is 9.70. The van der Waals surface area contributed by atoms with Gasteiger partial charge >= 0.3 is 0 Å². The number of hydrogen-bond donors (Lipinski definition) is 1. The quantitative estimate of drug-likeness (QED) is 0.650. The lowest BCUT2D eigenvalue weighted by molar-refractivity contribution is -0.0821. The van der Waals surface area contributed by atoms with Crippen LogP contribution in [0.1, 0.15) is 41.0 Å². The van der Waals surface area contributed by atoms with E-state index in [0.717, 1.165) is 6.42 Å². The van der Waals surface area contributed by atoms with E-state index in [2.05, 4.69) is 41.2 Å². The number of rotatable bonds is 5.